The molecule has 39 heavy (non-hydrogen) atoms. The summed E-state index contributed by atoms with van der Waals surface area (Å²) in [7, 11) is 4.82. The van der Waals surface area contributed by atoms with Crippen molar-refractivity contribution in [1.29, 1.82) is 0 Å². The normalized spacial score (nSPS) is 11.7. The number of amides is 1. The van der Waals surface area contributed by atoms with Crippen molar-refractivity contribution in [2.24, 2.45) is 0 Å². The minimum atomic E-state index is -3.79. The smallest absolute Gasteiger partial charge is 0.260 e. The Bertz CT molecular complexity index is 1290. The number of halogens is 1. The van der Waals surface area contributed by atoms with Gasteiger partial charge in [-0.1, -0.05) is 11.3 Å². The Morgan fingerprint density at radius 3 is 2.13 bits per heavy atom. The van der Waals surface area contributed by atoms with Gasteiger partial charge >= 0.3 is 0 Å². The lowest BCUT2D eigenvalue weighted by molar-refractivity contribution is 0.0986. The van der Waals surface area contributed by atoms with Crippen LogP contribution in [0.25, 0.3) is 10.2 Å². The average Bonchev–Trinajstić information content (AvgIpc) is 3.33. The van der Waals surface area contributed by atoms with Gasteiger partial charge in [0.25, 0.3) is 5.91 Å². The van der Waals surface area contributed by atoms with Crippen molar-refractivity contribution in [2.45, 2.75) is 11.3 Å². The number of methoxy groups -OCH3 is 3. The van der Waals surface area contributed by atoms with Crippen LogP contribution in [0.1, 0.15) is 16.8 Å². The van der Waals surface area contributed by atoms with Crippen molar-refractivity contribution in [3.05, 3.63) is 48.0 Å². The summed E-state index contributed by atoms with van der Waals surface area (Å²) >= 11 is 1.43. The predicted molar refractivity (Wildman–Crippen MR) is 157 cm³/mol. The van der Waals surface area contributed by atoms with E-state index in [1.807, 2.05) is 32.3 Å². The molecule has 2 aromatic carbocycles. The zero-order valence-electron chi connectivity index (χ0n) is 23.0. The first kappa shape index (κ1) is 32.9. The molecule has 0 atom stereocenters. The van der Waals surface area contributed by atoms with Gasteiger partial charge in [0.15, 0.2) is 5.13 Å². The van der Waals surface area contributed by atoms with E-state index in [0.717, 1.165) is 23.2 Å². The van der Waals surface area contributed by atoms with Crippen LogP contribution in [0, 0.1) is 0 Å². The molecule has 0 aliphatic carbocycles. The predicted octanol–water partition coefficient (Wildman–Crippen LogP) is 3.61. The number of carbonyl (C=O) groups excluding carboxylic acids is 1. The Labute approximate surface area is 240 Å². The third-order valence-electron chi connectivity index (χ3n) is 5.88. The maximum absolute atomic E-state index is 13.7. The number of ether oxygens (including phenoxy) is 3. The fraction of sp³-hybridized carbons (Fsp3) is 0.462. The van der Waals surface area contributed by atoms with Crippen molar-refractivity contribution in [1.82, 2.24) is 14.2 Å². The van der Waals surface area contributed by atoms with Crippen molar-refractivity contribution in [2.75, 3.05) is 79.7 Å². The lowest BCUT2D eigenvalue weighted by Gasteiger charge is -2.22. The van der Waals surface area contributed by atoms with Gasteiger partial charge in [0.2, 0.25) is 10.0 Å². The zero-order valence-corrected chi connectivity index (χ0v) is 25.4. The molecule has 3 rings (SSSR count). The number of hydrogen-bond donors (Lipinski definition) is 0. The Morgan fingerprint density at radius 2 is 1.56 bits per heavy atom. The third kappa shape index (κ3) is 8.58. The molecule has 0 N–H and O–H groups in total. The van der Waals surface area contributed by atoms with Crippen molar-refractivity contribution in [3.63, 3.8) is 0 Å². The van der Waals surface area contributed by atoms with Gasteiger partial charge in [-0.3, -0.25) is 9.69 Å². The highest BCUT2D eigenvalue weighted by atomic mass is 35.5. The molecule has 0 saturated heterocycles. The molecule has 0 saturated carbocycles. The van der Waals surface area contributed by atoms with Gasteiger partial charge in [-0.05, 0) is 63.5 Å². The van der Waals surface area contributed by atoms with Gasteiger partial charge in [-0.15, -0.1) is 12.4 Å². The molecule has 0 bridgehead atoms. The molecule has 3 aromatic rings. The van der Waals surface area contributed by atoms with Crippen LogP contribution in [-0.2, 0) is 19.5 Å². The van der Waals surface area contributed by atoms with Crippen LogP contribution >= 0.6 is 23.7 Å². The first-order chi connectivity index (χ1) is 18.2. The number of anilines is 1. The summed E-state index contributed by atoms with van der Waals surface area (Å²) in [4.78, 5) is 22.2. The summed E-state index contributed by atoms with van der Waals surface area (Å²) in [6.45, 7) is 2.19. The minimum Gasteiger partial charge on any atom is -0.497 e. The monoisotopic (exact) mass is 600 g/mol. The molecule has 0 fully saturated rings. The number of thiazole rings is 1. The topological polar surface area (TPSA) is 102 Å². The van der Waals surface area contributed by atoms with Gasteiger partial charge in [0.05, 0.1) is 35.4 Å². The first-order valence-corrected chi connectivity index (χ1v) is 14.5. The summed E-state index contributed by atoms with van der Waals surface area (Å²) in [6, 6.07) is 11.7. The molecular formula is C26H37ClN4O6S2. The summed E-state index contributed by atoms with van der Waals surface area (Å²) in [5, 5.41) is 0.582. The van der Waals surface area contributed by atoms with Crippen molar-refractivity contribution in [3.8, 4) is 5.75 Å². The molecule has 0 unspecified atom stereocenters. The first-order valence-electron chi connectivity index (χ1n) is 12.2. The summed E-state index contributed by atoms with van der Waals surface area (Å²) < 4.78 is 44.2. The minimum absolute atomic E-state index is 0. The number of fused-ring (bicyclic) bond motifs is 1. The van der Waals surface area contributed by atoms with E-state index in [4.69, 9.17) is 19.2 Å². The van der Waals surface area contributed by atoms with Crippen LogP contribution in [0.5, 0.6) is 5.75 Å². The quantitative estimate of drug-likeness (QED) is 0.261. The van der Waals surface area contributed by atoms with Crippen LogP contribution < -0.4 is 9.64 Å². The molecule has 0 aliphatic rings. The van der Waals surface area contributed by atoms with Crippen LogP contribution in [0.15, 0.2) is 47.4 Å². The number of hydrogen-bond acceptors (Lipinski definition) is 9. The van der Waals surface area contributed by atoms with E-state index >= 15 is 0 Å². The Kier molecular flexibility index (Phi) is 13.0. The summed E-state index contributed by atoms with van der Waals surface area (Å²) in [5.41, 5.74) is 1.13. The van der Waals surface area contributed by atoms with E-state index < -0.39 is 10.0 Å². The van der Waals surface area contributed by atoms with Gasteiger partial charge < -0.3 is 19.1 Å². The molecule has 0 aliphatic heterocycles. The van der Waals surface area contributed by atoms with Crippen LogP contribution in [0.3, 0.4) is 0 Å². The number of nitrogens with zero attached hydrogens (tertiary/aromatic N) is 4. The summed E-state index contributed by atoms with van der Waals surface area (Å²) in [5.74, 6) is 0.455. The Morgan fingerprint density at radius 1 is 0.923 bits per heavy atom. The van der Waals surface area contributed by atoms with Crippen LogP contribution in [-0.4, -0.2) is 103 Å². The lowest BCUT2D eigenvalue weighted by Crippen LogP contribution is -2.36. The maximum atomic E-state index is 13.7. The molecule has 1 heterocycles. The molecular weight excluding hydrogens is 564 g/mol. The van der Waals surface area contributed by atoms with Crippen molar-refractivity contribution >= 4 is 55.0 Å². The highest BCUT2D eigenvalue weighted by Gasteiger charge is 2.26. The molecule has 0 spiro atoms. The second kappa shape index (κ2) is 15.5. The number of rotatable bonds is 15. The van der Waals surface area contributed by atoms with Gasteiger partial charge in [-0.25, -0.2) is 13.4 Å². The van der Waals surface area contributed by atoms with E-state index in [-0.39, 0.29) is 49.5 Å². The number of benzene rings is 2. The van der Waals surface area contributed by atoms with Gasteiger partial charge in [0.1, 0.15) is 5.75 Å². The average molecular weight is 601 g/mol. The number of sulfonamides is 1. The van der Waals surface area contributed by atoms with Crippen molar-refractivity contribution < 1.29 is 27.4 Å². The highest BCUT2D eigenvalue weighted by molar-refractivity contribution is 7.89. The molecule has 1 amide bonds. The van der Waals surface area contributed by atoms with E-state index in [1.165, 1.54) is 42.0 Å². The number of aromatic nitrogens is 1. The molecule has 216 valence electrons. The second-order valence-corrected chi connectivity index (χ2v) is 11.8. The molecule has 0 radical (unpaired) electrons. The van der Waals surface area contributed by atoms with E-state index in [1.54, 1.807) is 24.1 Å². The molecule has 1 aromatic heterocycles. The highest BCUT2D eigenvalue weighted by Crippen LogP contribution is 2.32. The van der Waals surface area contributed by atoms with E-state index in [0.29, 0.717) is 23.0 Å². The largest absolute Gasteiger partial charge is 0.497 e. The molecule has 10 nitrogen and oxygen atoms in total. The maximum Gasteiger partial charge on any atom is 0.260 e. The third-order valence-corrected chi connectivity index (χ3v) is 8.85. The lowest BCUT2D eigenvalue weighted by atomic mass is 10.2. The fourth-order valence-corrected chi connectivity index (χ4v) is 6.16. The van der Waals surface area contributed by atoms with Gasteiger partial charge in [0, 0.05) is 45.5 Å². The zero-order chi connectivity index (χ0) is 27.7. The second-order valence-electron chi connectivity index (χ2n) is 8.86. The van der Waals surface area contributed by atoms with Crippen LogP contribution in [0.2, 0.25) is 0 Å². The fourth-order valence-electron chi connectivity index (χ4n) is 3.78. The summed E-state index contributed by atoms with van der Waals surface area (Å²) in [6.07, 6.45) is 0.748. The number of carbonyl (C=O) groups is 1. The SMILES string of the molecule is COCCN(CCOC)S(=O)(=O)c1ccc(C(=O)N(CCCN(C)C)c2nc3cc(OC)ccc3s2)cc1.Cl. The Hall–Kier alpha value is -2.32. The van der Waals surface area contributed by atoms with Gasteiger partial charge in [-0.2, -0.15) is 4.31 Å². The molecule has 13 heteroatoms. The van der Waals surface area contributed by atoms with Crippen LogP contribution in [0.4, 0.5) is 5.13 Å². The standard InChI is InChI=1S/C26H36N4O6S2.ClH/c1-28(2)13-6-14-30(26-27-23-19-21(36-5)9-12-24(23)37-26)25(31)20-7-10-22(11-8-20)38(32,33)29(15-17-34-3)16-18-35-4;/h7-12,19H,6,13-18H2,1-5H3;1H. The van der Waals surface area contributed by atoms with E-state index in [9.17, 15) is 13.2 Å². The Balaban J connectivity index is 0.00000533. The van der Waals surface area contributed by atoms with E-state index in [2.05, 4.69) is 4.90 Å².